The van der Waals surface area contributed by atoms with Crippen molar-refractivity contribution >= 4 is 40.7 Å². The van der Waals surface area contributed by atoms with Crippen LogP contribution >= 0.6 is 23.4 Å². The van der Waals surface area contributed by atoms with E-state index < -0.39 is 5.92 Å². The fourth-order valence-electron chi connectivity index (χ4n) is 4.25. The summed E-state index contributed by atoms with van der Waals surface area (Å²) in [6.07, 6.45) is 1.79. The van der Waals surface area contributed by atoms with Crippen molar-refractivity contribution in [2.45, 2.75) is 32.1 Å². The number of allylic oxidation sites excluding steroid dienone is 3. The van der Waals surface area contributed by atoms with Gasteiger partial charge in [0.1, 0.15) is 0 Å². The Balaban J connectivity index is 1.63. The van der Waals surface area contributed by atoms with Crippen molar-refractivity contribution in [1.29, 1.82) is 5.26 Å². The number of hydrogen-bond donors (Lipinski definition) is 3. The lowest BCUT2D eigenvalue weighted by Gasteiger charge is -2.33. The second-order valence-electron chi connectivity index (χ2n) is 8.31. The first-order valence-corrected chi connectivity index (χ1v) is 12.4. The predicted octanol–water partition coefficient (Wildman–Crippen LogP) is 5.16. The molecule has 0 unspecified atom stereocenters. The van der Waals surface area contributed by atoms with Crippen LogP contribution in [-0.2, 0) is 9.59 Å². The molecule has 0 saturated carbocycles. The number of benzene rings is 2. The molecule has 1 aliphatic carbocycles. The predicted molar refractivity (Wildman–Crippen MR) is 136 cm³/mol. The van der Waals surface area contributed by atoms with Gasteiger partial charge in [-0.1, -0.05) is 35.5 Å². The summed E-state index contributed by atoms with van der Waals surface area (Å²) in [5, 5.41) is 27.3. The molecular formula is C26H24ClN3O4S. The Morgan fingerprint density at radius 3 is 2.83 bits per heavy atom. The average molecular weight is 510 g/mol. The third-order valence-electron chi connectivity index (χ3n) is 6.00. The molecule has 4 rings (SSSR count). The minimum atomic E-state index is -0.611. The molecule has 1 amide bonds. The van der Waals surface area contributed by atoms with Crippen molar-refractivity contribution in [2.24, 2.45) is 0 Å². The summed E-state index contributed by atoms with van der Waals surface area (Å²) in [6, 6.07) is 12.4. The maximum atomic E-state index is 12.9. The van der Waals surface area contributed by atoms with Crippen LogP contribution in [0.4, 0.5) is 5.69 Å². The Hall–Kier alpha value is -3.41. The van der Waals surface area contributed by atoms with Gasteiger partial charge in [-0.25, -0.2) is 0 Å². The smallest absolute Gasteiger partial charge is 0.234 e. The van der Waals surface area contributed by atoms with Crippen LogP contribution in [0.3, 0.4) is 0 Å². The number of Topliss-reactive ketones (excluding diaryl/α,β-unsaturated/α-hetero) is 1. The normalized spacial score (nSPS) is 17.4. The van der Waals surface area contributed by atoms with Crippen molar-refractivity contribution in [1.82, 2.24) is 5.32 Å². The summed E-state index contributed by atoms with van der Waals surface area (Å²) in [5.41, 5.74) is 3.85. The maximum absolute atomic E-state index is 12.9. The first kappa shape index (κ1) is 24.7. The van der Waals surface area contributed by atoms with Crippen molar-refractivity contribution in [3.05, 3.63) is 74.4 Å². The van der Waals surface area contributed by atoms with E-state index in [1.165, 1.54) is 24.9 Å². The first-order chi connectivity index (χ1) is 16.8. The number of nitrogens with zero attached hydrogens (tertiary/aromatic N) is 1. The van der Waals surface area contributed by atoms with Crippen molar-refractivity contribution < 1.29 is 19.4 Å². The van der Waals surface area contributed by atoms with Crippen LogP contribution in [-0.4, -0.2) is 29.7 Å². The standard InChI is InChI=1S/C26H24ClN3O4S/c1-14-6-8-16(11-18(14)27)29-23(33)13-35-26-17(12-28)24(15-7-9-20(31)22(10-15)34-2)25-19(30-26)4-3-5-21(25)32/h6-11,24,30-31H,3-5,13H2,1-2H3,(H,29,33)/t24-/m0/s1. The van der Waals surface area contributed by atoms with Gasteiger partial charge in [-0.3, -0.25) is 9.59 Å². The van der Waals surface area contributed by atoms with Gasteiger partial charge in [0.15, 0.2) is 17.3 Å². The van der Waals surface area contributed by atoms with E-state index >= 15 is 0 Å². The van der Waals surface area contributed by atoms with Crippen LogP contribution < -0.4 is 15.4 Å². The van der Waals surface area contributed by atoms with Gasteiger partial charge >= 0.3 is 0 Å². The van der Waals surface area contributed by atoms with Gasteiger partial charge in [-0.05, 0) is 55.2 Å². The molecular weight excluding hydrogens is 486 g/mol. The van der Waals surface area contributed by atoms with E-state index in [2.05, 4.69) is 16.7 Å². The molecule has 2 aromatic carbocycles. The van der Waals surface area contributed by atoms with Crippen LogP contribution in [0.15, 0.2) is 58.3 Å². The number of amides is 1. The number of thioether (sulfide) groups is 1. The minimum Gasteiger partial charge on any atom is -0.504 e. The Kier molecular flexibility index (Phi) is 7.39. The van der Waals surface area contributed by atoms with Crippen molar-refractivity contribution in [3.8, 4) is 17.6 Å². The Bertz CT molecular complexity index is 1310. The Labute approximate surface area is 212 Å². The Morgan fingerprint density at radius 2 is 2.11 bits per heavy atom. The maximum Gasteiger partial charge on any atom is 0.234 e. The van der Waals surface area contributed by atoms with Crippen LogP contribution in [0.1, 0.15) is 36.3 Å². The van der Waals surface area contributed by atoms with Gasteiger partial charge in [0, 0.05) is 28.4 Å². The van der Waals surface area contributed by atoms with E-state index in [-0.39, 0.29) is 28.9 Å². The van der Waals surface area contributed by atoms with E-state index in [1.807, 2.05) is 13.0 Å². The lowest BCUT2D eigenvalue weighted by atomic mass is 9.77. The molecule has 180 valence electrons. The van der Waals surface area contributed by atoms with E-state index in [9.17, 15) is 20.0 Å². The number of phenolic OH excluding ortho intramolecular Hbond substituents is 1. The number of methoxy groups -OCH3 is 1. The molecule has 0 radical (unpaired) electrons. The molecule has 0 bridgehead atoms. The number of phenols is 1. The summed E-state index contributed by atoms with van der Waals surface area (Å²) in [6.45, 7) is 1.88. The van der Waals surface area contributed by atoms with Crippen LogP contribution in [0.25, 0.3) is 0 Å². The van der Waals surface area contributed by atoms with Gasteiger partial charge in [-0.2, -0.15) is 5.26 Å². The summed E-state index contributed by atoms with van der Waals surface area (Å²) in [4.78, 5) is 25.6. The van der Waals surface area contributed by atoms with Gasteiger partial charge < -0.3 is 20.5 Å². The van der Waals surface area contributed by atoms with Gasteiger partial charge in [0.25, 0.3) is 0 Å². The molecule has 7 nitrogen and oxygen atoms in total. The van der Waals surface area contributed by atoms with Crippen molar-refractivity contribution in [2.75, 3.05) is 18.2 Å². The number of aryl methyl sites for hydroxylation is 1. The largest absolute Gasteiger partial charge is 0.504 e. The van der Waals surface area contributed by atoms with Crippen LogP contribution in [0, 0.1) is 18.3 Å². The number of nitriles is 1. The molecule has 1 heterocycles. The third-order valence-corrected chi connectivity index (χ3v) is 7.43. The number of nitrogens with one attached hydrogen (secondary N) is 2. The molecule has 35 heavy (non-hydrogen) atoms. The number of ether oxygens (including phenoxy) is 1. The average Bonchev–Trinajstić information content (AvgIpc) is 2.84. The second-order valence-corrected chi connectivity index (χ2v) is 9.71. The summed E-state index contributed by atoms with van der Waals surface area (Å²) < 4.78 is 5.25. The number of anilines is 1. The summed E-state index contributed by atoms with van der Waals surface area (Å²) in [5.74, 6) is -0.583. The fraction of sp³-hybridized carbons (Fsp3) is 0.269. The molecule has 2 aromatic rings. The molecule has 1 aliphatic heterocycles. The van der Waals surface area contributed by atoms with Gasteiger partial charge in [0.2, 0.25) is 5.91 Å². The molecule has 0 fully saturated rings. The van der Waals surface area contributed by atoms with E-state index in [4.69, 9.17) is 16.3 Å². The summed E-state index contributed by atoms with van der Waals surface area (Å²) in [7, 11) is 1.44. The molecule has 1 atom stereocenters. The zero-order valence-electron chi connectivity index (χ0n) is 19.3. The SMILES string of the molecule is COc1cc([C@H]2C(C#N)=C(SCC(=O)Nc3ccc(C)c(Cl)c3)NC3=C2C(=O)CCC3)ccc1O. The van der Waals surface area contributed by atoms with Crippen LogP contribution in [0.2, 0.25) is 5.02 Å². The number of aromatic hydroxyl groups is 1. The molecule has 0 spiro atoms. The number of halogens is 1. The monoisotopic (exact) mass is 509 g/mol. The highest BCUT2D eigenvalue weighted by Crippen LogP contribution is 2.45. The number of ketones is 1. The number of carbonyl (C=O) groups is 2. The zero-order chi connectivity index (χ0) is 25.1. The van der Waals surface area contributed by atoms with Crippen LogP contribution in [0.5, 0.6) is 11.5 Å². The number of hydrogen-bond acceptors (Lipinski definition) is 7. The highest BCUT2D eigenvalue weighted by Gasteiger charge is 2.37. The van der Waals surface area contributed by atoms with E-state index in [0.717, 1.165) is 11.3 Å². The molecule has 0 saturated heterocycles. The van der Waals surface area contributed by atoms with E-state index in [0.29, 0.717) is 51.7 Å². The lowest BCUT2D eigenvalue weighted by molar-refractivity contribution is -0.116. The topological polar surface area (TPSA) is 111 Å². The zero-order valence-corrected chi connectivity index (χ0v) is 20.8. The molecule has 9 heteroatoms. The Morgan fingerprint density at radius 1 is 1.31 bits per heavy atom. The highest BCUT2D eigenvalue weighted by atomic mass is 35.5. The van der Waals surface area contributed by atoms with Gasteiger partial charge in [0.05, 0.1) is 35.5 Å². The number of dihydropyridines is 1. The second kappa shape index (κ2) is 10.5. The lowest BCUT2D eigenvalue weighted by Crippen LogP contribution is -2.31. The number of rotatable bonds is 6. The first-order valence-electron chi connectivity index (χ1n) is 11.1. The molecule has 0 aromatic heterocycles. The quantitative estimate of drug-likeness (QED) is 0.493. The minimum absolute atomic E-state index is 0.0124. The third kappa shape index (κ3) is 5.16. The van der Waals surface area contributed by atoms with Gasteiger partial charge in [-0.15, -0.1) is 0 Å². The summed E-state index contributed by atoms with van der Waals surface area (Å²) >= 11 is 7.36. The highest BCUT2D eigenvalue weighted by molar-refractivity contribution is 8.03. The number of carbonyl (C=O) groups excluding carboxylic acids is 2. The fourth-order valence-corrected chi connectivity index (χ4v) is 5.29. The van der Waals surface area contributed by atoms with E-state index in [1.54, 1.807) is 24.3 Å². The van der Waals surface area contributed by atoms with Crippen molar-refractivity contribution in [3.63, 3.8) is 0 Å². The molecule has 3 N–H and O–H groups in total. The molecule has 2 aliphatic rings.